The van der Waals surface area contributed by atoms with Gasteiger partial charge >= 0.3 is 0 Å². The molecule has 0 aliphatic carbocycles. The molecule has 0 unspecified atom stereocenters. The van der Waals surface area contributed by atoms with Gasteiger partial charge in [-0.25, -0.2) is 0 Å². The molecule has 0 fully saturated rings. The lowest BCUT2D eigenvalue weighted by molar-refractivity contribution is 0.469. The average Bonchev–Trinajstić information content (AvgIpc) is 2.50. The fourth-order valence-electron chi connectivity index (χ4n) is 2.23. The van der Waals surface area contributed by atoms with Crippen molar-refractivity contribution in [2.24, 2.45) is 0 Å². The van der Waals surface area contributed by atoms with Crippen molar-refractivity contribution in [3.63, 3.8) is 0 Å². The van der Waals surface area contributed by atoms with Crippen LogP contribution >= 0.6 is 0 Å². The molecule has 3 aromatic rings. The van der Waals surface area contributed by atoms with Crippen molar-refractivity contribution < 1.29 is 5.11 Å². The first kappa shape index (κ1) is 13.0. The van der Waals surface area contributed by atoms with Crippen LogP contribution in [-0.2, 0) is 6.54 Å². The van der Waals surface area contributed by atoms with Crippen LogP contribution in [0.2, 0.25) is 0 Å². The van der Waals surface area contributed by atoms with Gasteiger partial charge in [0.25, 0.3) is 11.1 Å². The number of benzene rings is 2. The number of H-pyrrole nitrogens is 2. The number of fused-ring (bicyclic) bond motifs is 1. The maximum absolute atomic E-state index is 11.9. The Hall–Kier alpha value is -3.02. The standard InChI is InChI=1S/C15H13N3O3/c19-12-7-2-1-4-9(12)8-16-11-6-3-5-10-13(11)15(21)18-17-14(10)20/h1-7,16,19H,8H2,(H,17,20)(H,18,21). The maximum Gasteiger partial charge on any atom is 0.272 e. The Balaban J connectivity index is 2.02. The zero-order valence-electron chi connectivity index (χ0n) is 11.0. The SMILES string of the molecule is O=c1[nH][nH]c(=O)c2c(NCc3ccccc3O)cccc12. The Kier molecular flexibility index (Phi) is 3.19. The number of para-hydroxylation sites is 1. The van der Waals surface area contributed by atoms with Crippen LogP contribution in [0, 0.1) is 0 Å². The summed E-state index contributed by atoms with van der Waals surface area (Å²) in [4.78, 5) is 23.6. The van der Waals surface area contributed by atoms with Crippen LogP contribution in [0.15, 0.2) is 52.1 Å². The fourth-order valence-corrected chi connectivity index (χ4v) is 2.23. The summed E-state index contributed by atoms with van der Waals surface area (Å²) in [7, 11) is 0. The van der Waals surface area contributed by atoms with Crippen LogP contribution in [-0.4, -0.2) is 15.3 Å². The average molecular weight is 283 g/mol. The highest BCUT2D eigenvalue weighted by Gasteiger charge is 2.08. The summed E-state index contributed by atoms with van der Waals surface area (Å²) in [5, 5.41) is 18.0. The van der Waals surface area contributed by atoms with Gasteiger partial charge in [-0.15, -0.1) is 0 Å². The third kappa shape index (κ3) is 2.38. The molecule has 0 saturated carbocycles. The van der Waals surface area contributed by atoms with Gasteiger partial charge in [-0.05, 0) is 18.2 Å². The van der Waals surface area contributed by atoms with Gasteiger partial charge in [0.2, 0.25) is 0 Å². The van der Waals surface area contributed by atoms with E-state index in [1.165, 1.54) is 0 Å². The molecule has 0 bridgehead atoms. The molecule has 0 radical (unpaired) electrons. The van der Waals surface area contributed by atoms with Crippen molar-refractivity contribution in [3.8, 4) is 5.75 Å². The molecule has 0 saturated heterocycles. The van der Waals surface area contributed by atoms with Crippen LogP contribution in [0.25, 0.3) is 10.8 Å². The summed E-state index contributed by atoms with van der Waals surface area (Å²) in [6.07, 6.45) is 0. The molecule has 2 aromatic carbocycles. The first-order valence-electron chi connectivity index (χ1n) is 6.41. The molecule has 0 aliphatic rings. The van der Waals surface area contributed by atoms with Crippen molar-refractivity contribution >= 4 is 16.5 Å². The number of aromatic hydroxyl groups is 1. The number of aromatic amines is 2. The predicted octanol–water partition coefficient (Wildman–Crippen LogP) is 1.53. The zero-order valence-corrected chi connectivity index (χ0v) is 11.0. The lowest BCUT2D eigenvalue weighted by Gasteiger charge is -2.09. The van der Waals surface area contributed by atoms with Crippen LogP contribution in [0.4, 0.5) is 5.69 Å². The molecule has 21 heavy (non-hydrogen) atoms. The molecule has 1 aromatic heterocycles. The van der Waals surface area contributed by atoms with Gasteiger partial charge in [0.1, 0.15) is 5.75 Å². The first-order chi connectivity index (χ1) is 10.2. The maximum atomic E-state index is 11.9. The van der Waals surface area contributed by atoms with Crippen molar-refractivity contribution in [1.82, 2.24) is 10.2 Å². The quantitative estimate of drug-likeness (QED) is 0.586. The normalized spacial score (nSPS) is 10.7. The number of anilines is 1. The van der Waals surface area contributed by atoms with E-state index in [1.54, 1.807) is 36.4 Å². The fraction of sp³-hybridized carbons (Fsp3) is 0.0667. The summed E-state index contributed by atoms with van der Waals surface area (Å²) < 4.78 is 0. The Labute approximate surface area is 119 Å². The van der Waals surface area contributed by atoms with E-state index in [9.17, 15) is 14.7 Å². The van der Waals surface area contributed by atoms with E-state index in [4.69, 9.17) is 0 Å². The number of phenols is 1. The summed E-state index contributed by atoms with van der Waals surface area (Å²) in [6.45, 7) is 0.345. The minimum atomic E-state index is -0.370. The highest BCUT2D eigenvalue weighted by molar-refractivity contribution is 5.92. The molecule has 1 heterocycles. The van der Waals surface area contributed by atoms with Gasteiger partial charge in [0.15, 0.2) is 0 Å². The van der Waals surface area contributed by atoms with Crippen LogP contribution in [0.1, 0.15) is 5.56 Å². The van der Waals surface area contributed by atoms with Crippen LogP contribution in [0.3, 0.4) is 0 Å². The molecule has 4 N–H and O–H groups in total. The first-order valence-corrected chi connectivity index (χ1v) is 6.41. The van der Waals surface area contributed by atoms with Gasteiger partial charge in [0, 0.05) is 17.8 Å². The van der Waals surface area contributed by atoms with Crippen LogP contribution in [0.5, 0.6) is 5.75 Å². The van der Waals surface area contributed by atoms with Crippen molar-refractivity contribution in [2.75, 3.05) is 5.32 Å². The Morgan fingerprint density at radius 3 is 2.52 bits per heavy atom. The third-order valence-electron chi connectivity index (χ3n) is 3.29. The molecule has 3 rings (SSSR count). The highest BCUT2D eigenvalue weighted by Crippen LogP contribution is 2.20. The van der Waals surface area contributed by atoms with Gasteiger partial charge in [0.05, 0.1) is 10.8 Å². The van der Waals surface area contributed by atoms with Gasteiger partial charge in [-0.3, -0.25) is 19.8 Å². The molecule has 0 spiro atoms. The Bertz CT molecular complexity index is 912. The molecule has 0 amide bonds. The summed E-state index contributed by atoms with van der Waals surface area (Å²) in [6, 6.07) is 11.9. The Morgan fingerprint density at radius 1 is 0.952 bits per heavy atom. The van der Waals surface area contributed by atoms with Gasteiger partial charge < -0.3 is 10.4 Å². The van der Waals surface area contributed by atoms with E-state index in [0.717, 1.165) is 0 Å². The van der Waals surface area contributed by atoms with E-state index in [-0.39, 0.29) is 16.9 Å². The summed E-state index contributed by atoms with van der Waals surface area (Å²) >= 11 is 0. The highest BCUT2D eigenvalue weighted by atomic mass is 16.3. The molecule has 106 valence electrons. The molecule has 6 nitrogen and oxygen atoms in total. The van der Waals surface area contributed by atoms with Crippen molar-refractivity contribution in [2.45, 2.75) is 6.54 Å². The molecule has 0 aliphatic heterocycles. The molecular formula is C15H13N3O3. The van der Waals surface area contributed by atoms with E-state index in [2.05, 4.69) is 15.5 Å². The summed E-state index contributed by atoms with van der Waals surface area (Å²) in [5.74, 6) is 0.178. The molecular weight excluding hydrogens is 270 g/mol. The monoisotopic (exact) mass is 283 g/mol. The summed E-state index contributed by atoms with van der Waals surface area (Å²) in [5.41, 5.74) is 0.527. The van der Waals surface area contributed by atoms with E-state index in [0.29, 0.717) is 28.6 Å². The van der Waals surface area contributed by atoms with Gasteiger partial charge in [-0.1, -0.05) is 24.3 Å². The van der Waals surface area contributed by atoms with E-state index < -0.39 is 0 Å². The lowest BCUT2D eigenvalue weighted by Crippen LogP contribution is -2.20. The molecule has 6 heteroatoms. The minimum absolute atomic E-state index is 0.178. The lowest BCUT2D eigenvalue weighted by atomic mass is 10.1. The van der Waals surface area contributed by atoms with Crippen molar-refractivity contribution in [1.29, 1.82) is 0 Å². The second-order valence-electron chi connectivity index (χ2n) is 4.62. The number of nitrogens with one attached hydrogen (secondary N) is 3. The zero-order chi connectivity index (χ0) is 14.8. The van der Waals surface area contributed by atoms with Gasteiger partial charge in [-0.2, -0.15) is 0 Å². The van der Waals surface area contributed by atoms with E-state index >= 15 is 0 Å². The topological polar surface area (TPSA) is 98.0 Å². The number of aromatic nitrogens is 2. The number of hydrogen-bond acceptors (Lipinski definition) is 4. The third-order valence-corrected chi connectivity index (χ3v) is 3.29. The number of hydrogen-bond donors (Lipinski definition) is 4. The molecule has 0 atom stereocenters. The number of rotatable bonds is 3. The second-order valence-corrected chi connectivity index (χ2v) is 4.62. The smallest absolute Gasteiger partial charge is 0.272 e. The predicted molar refractivity (Wildman–Crippen MR) is 80.6 cm³/mol. The largest absolute Gasteiger partial charge is 0.508 e. The number of phenolic OH excluding ortho intramolecular Hbond substituents is 1. The van der Waals surface area contributed by atoms with Crippen LogP contribution < -0.4 is 16.4 Å². The minimum Gasteiger partial charge on any atom is -0.508 e. The van der Waals surface area contributed by atoms with E-state index in [1.807, 2.05) is 6.07 Å². The Morgan fingerprint density at radius 2 is 1.71 bits per heavy atom. The van der Waals surface area contributed by atoms with Crippen molar-refractivity contribution in [3.05, 3.63) is 68.7 Å². The second kappa shape index (κ2) is 5.16.